The van der Waals surface area contributed by atoms with Gasteiger partial charge in [-0.2, -0.15) is 0 Å². The lowest BCUT2D eigenvalue weighted by atomic mass is 10.1. The third-order valence-corrected chi connectivity index (χ3v) is 3.66. The van der Waals surface area contributed by atoms with Crippen molar-refractivity contribution in [2.45, 2.75) is 26.9 Å². The second-order valence-corrected chi connectivity index (χ2v) is 6.36. The van der Waals surface area contributed by atoms with Crippen molar-refractivity contribution in [3.05, 3.63) is 59.2 Å². The van der Waals surface area contributed by atoms with Crippen molar-refractivity contribution >= 4 is 23.5 Å². The maximum absolute atomic E-state index is 12.2. The van der Waals surface area contributed by atoms with Crippen molar-refractivity contribution in [2.24, 2.45) is 0 Å². The van der Waals surface area contributed by atoms with Crippen LogP contribution in [0, 0.1) is 6.92 Å². The van der Waals surface area contributed by atoms with Crippen LogP contribution >= 0.6 is 0 Å². The van der Waals surface area contributed by atoms with Crippen LogP contribution in [0.5, 0.6) is 5.75 Å². The monoisotopic (exact) mass is 385 g/mol. The zero-order valence-electron chi connectivity index (χ0n) is 16.3. The summed E-state index contributed by atoms with van der Waals surface area (Å²) in [6.45, 7) is 4.91. The molecule has 2 rings (SSSR count). The van der Waals surface area contributed by atoms with E-state index in [1.54, 1.807) is 50.2 Å². The van der Waals surface area contributed by atoms with Gasteiger partial charge < -0.3 is 19.5 Å². The molecule has 2 aromatic rings. The van der Waals surface area contributed by atoms with Gasteiger partial charge in [-0.1, -0.05) is 11.6 Å². The molecule has 0 spiro atoms. The van der Waals surface area contributed by atoms with Gasteiger partial charge in [0.05, 0.1) is 18.8 Å². The molecule has 0 fully saturated rings. The van der Waals surface area contributed by atoms with Gasteiger partial charge in [0.15, 0.2) is 6.61 Å². The highest BCUT2D eigenvalue weighted by molar-refractivity contribution is 5.97. The smallest absolute Gasteiger partial charge is 0.342 e. The summed E-state index contributed by atoms with van der Waals surface area (Å²) < 4.78 is 15.3. The average Bonchev–Trinajstić information content (AvgIpc) is 2.66. The van der Waals surface area contributed by atoms with Crippen LogP contribution in [0.1, 0.15) is 40.1 Å². The Morgan fingerprint density at radius 2 is 1.68 bits per heavy atom. The minimum absolute atomic E-state index is 0.214. The van der Waals surface area contributed by atoms with E-state index < -0.39 is 24.5 Å². The van der Waals surface area contributed by atoms with E-state index in [0.717, 1.165) is 5.56 Å². The molecule has 0 unspecified atom stereocenters. The van der Waals surface area contributed by atoms with E-state index in [2.05, 4.69) is 5.32 Å². The number of esters is 2. The first kappa shape index (κ1) is 21.0. The number of aryl methyl sites for hydroxylation is 1. The van der Waals surface area contributed by atoms with Crippen LogP contribution in [-0.4, -0.2) is 37.7 Å². The molecule has 7 nitrogen and oxygen atoms in total. The lowest BCUT2D eigenvalue weighted by molar-refractivity contribution is -0.119. The summed E-state index contributed by atoms with van der Waals surface area (Å²) in [5.41, 5.74) is 1.97. The summed E-state index contributed by atoms with van der Waals surface area (Å²) >= 11 is 0. The zero-order chi connectivity index (χ0) is 20.7. The number of carbonyl (C=O) groups is 3. The van der Waals surface area contributed by atoms with Gasteiger partial charge in [-0.15, -0.1) is 0 Å². The van der Waals surface area contributed by atoms with Gasteiger partial charge >= 0.3 is 11.9 Å². The number of nitrogens with one attached hydrogen (secondary N) is 1. The van der Waals surface area contributed by atoms with Crippen LogP contribution in [0.25, 0.3) is 0 Å². The van der Waals surface area contributed by atoms with Crippen molar-refractivity contribution in [3.8, 4) is 5.75 Å². The van der Waals surface area contributed by atoms with E-state index in [4.69, 9.17) is 14.2 Å². The molecule has 0 saturated carbocycles. The Morgan fingerprint density at radius 3 is 2.29 bits per heavy atom. The third-order valence-electron chi connectivity index (χ3n) is 3.66. The molecular formula is C21H23NO6. The molecule has 0 atom stereocenters. The Balaban J connectivity index is 1.91. The number of hydrogen-bond acceptors (Lipinski definition) is 6. The van der Waals surface area contributed by atoms with E-state index in [-0.39, 0.29) is 11.7 Å². The van der Waals surface area contributed by atoms with Crippen LogP contribution in [0.15, 0.2) is 42.5 Å². The molecule has 0 saturated heterocycles. The average molecular weight is 385 g/mol. The molecular weight excluding hydrogens is 362 g/mol. The first-order chi connectivity index (χ1) is 13.3. The Bertz CT molecular complexity index is 858. The van der Waals surface area contributed by atoms with Crippen LogP contribution in [0.3, 0.4) is 0 Å². The molecule has 0 radical (unpaired) electrons. The van der Waals surface area contributed by atoms with E-state index in [1.807, 2.05) is 13.0 Å². The van der Waals surface area contributed by atoms with Crippen LogP contribution < -0.4 is 10.1 Å². The summed E-state index contributed by atoms with van der Waals surface area (Å²) in [7, 11) is 1.45. The zero-order valence-corrected chi connectivity index (χ0v) is 16.3. The molecule has 0 aliphatic heterocycles. The van der Waals surface area contributed by atoms with Crippen molar-refractivity contribution in [1.82, 2.24) is 0 Å². The third kappa shape index (κ3) is 5.84. The van der Waals surface area contributed by atoms with E-state index >= 15 is 0 Å². The number of carbonyl (C=O) groups excluding carboxylic acids is 3. The largest absolute Gasteiger partial charge is 0.496 e. The summed E-state index contributed by atoms with van der Waals surface area (Å²) in [6.07, 6.45) is -0.214. The number of hydrogen-bond donors (Lipinski definition) is 1. The molecule has 148 valence electrons. The molecule has 0 aliphatic rings. The van der Waals surface area contributed by atoms with Crippen LogP contribution in [0.2, 0.25) is 0 Å². The number of rotatable bonds is 7. The normalized spacial score (nSPS) is 10.3. The highest BCUT2D eigenvalue weighted by Crippen LogP contribution is 2.20. The lowest BCUT2D eigenvalue weighted by Gasteiger charge is -2.10. The van der Waals surface area contributed by atoms with Gasteiger partial charge in [0.1, 0.15) is 11.3 Å². The molecule has 0 aliphatic carbocycles. The predicted molar refractivity (Wildman–Crippen MR) is 104 cm³/mol. The fraction of sp³-hybridized carbons (Fsp3) is 0.286. The number of amides is 1. The number of benzene rings is 2. The number of ether oxygens (including phenoxy) is 3. The second-order valence-electron chi connectivity index (χ2n) is 6.36. The Morgan fingerprint density at radius 1 is 1.00 bits per heavy atom. The van der Waals surface area contributed by atoms with E-state index in [9.17, 15) is 14.4 Å². The van der Waals surface area contributed by atoms with Gasteiger partial charge in [0.25, 0.3) is 5.91 Å². The van der Waals surface area contributed by atoms with E-state index in [1.165, 1.54) is 7.11 Å². The first-order valence-corrected chi connectivity index (χ1v) is 8.73. The SMILES string of the molecule is COc1ccc(C)cc1C(=O)OCC(=O)Nc1ccc(C(=O)OC(C)C)cc1. The van der Waals surface area contributed by atoms with Crippen LogP contribution in [0.4, 0.5) is 5.69 Å². The Labute approximate surface area is 163 Å². The minimum Gasteiger partial charge on any atom is -0.496 e. The summed E-state index contributed by atoms with van der Waals surface area (Å²) in [6, 6.07) is 11.3. The number of methoxy groups -OCH3 is 1. The highest BCUT2D eigenvalue weighted by atomic mass is 16.5. The lowest BCUT2D eigenvalue weighted by Crippen LogP contribution is -2.21. The molecule has 7 heteroatoms. The topological polar surface area (TPSA) is 90.9 Å². The molecule has 0 aromatic heterocycles. The molecule has 28 heavy (non-hydrogen) atoms. The fourth-order valence-electron chi connectivity index (χ4n) is 2.36. The molecule has 1 amide bonds. The first-order valence-electron chi connectivity index (χ1n) is 8.73. The predicted octanol–water partition coefficient (Wildman–Crippen LogP) is 3.36. The van der Waals surface area contributed by atoms with Crippen molar-refractivity contribution in [1.29, 1.82) is 0 Å². The minimum atomic E-state index is -0.650. The fourth-order valence-corrected chi connectivity index (χ4v) is 2.36. The van der Waals surface area contributed by atoms with Crippen molar-refractivity contribution < 1.29 is 28.6 Å². The van der Waals surface area contributed by atoms with Crippen molar-refractivity contribution in [2.75, 3.05) is 19.0 Å². The summed E-state index contributed by atoms with van der Waals surface area (Å²) in [5, 5.41) is 2.60. The van der Waals surface area contributed by atoms with Gasteiger partial charge in [0, 0.05) is 5.69 Å². The van der Waals surface area contributed by atoms with Crippen molar-refractivity contribution in [3.63, 3.8) is 0 Å². The van der Waals surface area contributed by atoms with Gasteiger partial charge in [-0.25, -0.2) is 9.59 Å². The molecule has 2 aromatic carbocycles. The summed E-state index contributed by atoms with van der Waals surface area (Å²) in [4.78, 5) is 36.0. The van der Waals surface area contributed by atoms with Gasteiger partial charge in [-0.05, 0) is 57.2 Å². The summed E-state index contributed by atoms with van der Waals surface area (Å²) in [5.74, 6) is -1.21. The maximum Gasteiger partial charge on any atom is 0.342 e. The Hall–Kier alpha value is -3.35. The Kier molecular flexibility index (Phi) is 7.14. The standard InChI is InChI=1S/C21H23NO6/c1-13(2)28-20(24)15-6-8-16(9-7-15)22-19(23)12-27-21(25)17-11-14(3)5-10-18(17)26-4/h5-11,13H,12H2,1-4H3,(H,22,23). The quantitative estimate of drug-likeness (QED) is 0.735. The highest BCUT2D eigenvalue weighted by Gasteiger charge is 2.16. The van der Waals surface area contributed by atoms with Gasteiger partial charge in [-0.3, -0.25) is 4.79 Å². The molecule has 0 heterocycles. The van der Waals surface area contributed by atoms with E-state index in [0.29, 0.717) is 17.0 Å². The number of anilines is 1. The molecule has 1 N–H and O–H groups in total. The van der Waals surface area contributed by atoms with Gasteiger partial charge in [0.2, 0.25) is 0 Å². The second kappa shape index (κ2) is 9.55. The maximum atomic E-state index is 12.2. The molecule has 0 bridgehead atoms. The van der Waals surface area contributed by atoms with Crippen LogP contribution in [-0.2, 0) is 14.3 Å².